The van der Waals surface area contributed by atoms with Crippen LogP contribution in [0.1, 0.15) is 13.8 Å². The number of pyridine rings is 2. The fourth-order valence-electron chi connectivity index (χ4n) is 1.61. The zero-order valence-electron chi connectivity index (χ0n) is 11.6. The van der Waals surface area contributed by atoms with E-state index in [0.717, 1.165) is 34.5 Å². The minimum Gasteiger partial charge on any atom is -0.369 e. The van der Waals surface area contributed by atoms with E-state index in [0.29, 0.717) is 0 Å². The van der Waals surface area contributed by atoms with Crippen LogP contribution in [0, 0.1) is 0 Å². The molecule has 0 aliphatic rings. The first-order valence-electron chi connectivity index (χ1n) is 6.57. The Bertz CT molecular complexity index is 499. The van der Waals surface area contributed by atoms with Crippen LogP contribution in [-0.4, -0.2) is 23.1 Å². The molecule has 0 saturated heterocycles. The van der Waals surface area contributed by atoms with E-state index in [9.17, 15) is 0 Å². The number of nitrogens with zero attached hydrogens (tertiary/aromatic N) is 2. The fraction of sp³-hybridized carbons (Fsp3) is 0.286. The third kappa shape index (κ3) is 4.05. The van der Waals surface area contributed by atoms with Crippen LogP contribution in [0.4, 0.5) is 11.6 Å². The molecule has 0 spiro atoms. The van der Waals surface area contributed by atoms with Gasteiger partial charge in [0.2, 0.25) is 0 Å². The van der Waals surface area contributed by atoms with Crippen molar-refractivity contribution in [2.75, 3.05) is 23.7 Å². The number of aromatic nitrogens is 2. The van der Waals surface area contributed by atoms with E-state index in [1.54, 1.807) is 34.0 Å². The van der Waals surface area contributed by atoms with Gasteiger partial charge in [0.1, 0.15) is 11.6 Å². The average molecular weight is 306 g/mol. The summed E-state index contributed by atoms with van der Waals surface area (Å²) in [5.41, 5.74) is 0. The summed E-state index contributed by atoms with van der Waals surface area (Å²) < 4.78 is 0. The van der Waals surface area contributed by atoms with Crippen LogP contribution in [0.25, 0.3) is 0 Å². The number of hydrogen-bond donors (Lipinski definition) is 2. The lowest BCUT2D eigenvalue weighted by Crippen LogP contribution is -2.00. The quantitative estimate of drug-likeness (QED) is 0.750. The molecule has 0 atom stereocenters. The van der Waals surface area contributed by atoms with Crippen LogP contribution in [0.2, 0.25) is 0 Å². The molecule has 0 aliphatic carbocycles. The SMILES string of the molecule is CCNc1ncccc1SSc1cccnc1NCC. The molecule has 4 nitrogen and oxygen atoms in total. The second-order valence-electron chi connectivity index (χ2n) is 3.93. The van der Waals surface area contributed by atoms with Crippen LogP contribution in [0.5, 0.6) is 0 Å². The Labute approximate surface area is 127 Å². The molecule has 106 valence electrons. The first-order valence-corrected chi connectivity index (χ1v) is 8.72. The number of hydrogen-bond acceptors (Lipinski definition) is 6. The number of nitrogens with one attached hydrogen (secondary N) is 2. The molecular formula is C14H18N4S2. The Morgan fingerprint density at radius 1 is 0.850 bits per heavy atom. The van der Waals surface area contributed by atoms with Gasteiger partial charge in [0, 0.05) is 25.5 Å². The van der Waals surface area contributed by atoms with E-state index in [1.807, 2.05) is 12.1 Å². The molecule has 0 amide bonds. The van der Waals surface area contributed by atoms with Crippen molar-refractivity contribution < 1.29 is 0 Å². The predicted molar refractivity (Wildman–Crippen MR) is 88.5 cm³/mol. The van der Waals surface area contributed by atoms with Gasteiger partial charge >= 0.3 is 0 Å². The van der Waals surface area contributed by atoms with E-state index in [-0.39, 0.29) is 0 Å². The highest BCUT2D eigenvalue weighted by atomic mass is 33.1. The van der Waals surface area contributed by atoms with E-state index < -0.39 is 0 Å². The lowest BCUT2D eigenvalue weighted by molar-refractivity contribution is 1.12. The molecular weight excluding hydrogens is 288 g/mol. The first-order chi connectivity index (χ1) is 9.85. The Morgan fingerprint density at radius 2 is 1.30 bits per heavy atom. The van der Waals surface area contributed by atoms with E-state index in [4.69, 9.17) is 0 Å². The second kappa shape index (κ2) is 8.01. The third-order valence-corrected chi connectivity index (χ3v) is 4.88. The maximum absolute atomic E-state index is 4.36. The molecule has 0 unspecified atom stereocenters. The molecule has 0 radical (unpaired) electrons. The highest BCUT2D eigenvalue weighted by molar-refractivity contribution is 8.76. The van der Waals surface area contributed by atoms with Gasteiger partial charge in [-0.1, -0.05) is 0 Å². The van der Waals surface area contributed by atoms with Crippen molar-refractivity contribution in [2.24, 2.45) is 0 Å². The predicted octanol–water partition coefficient (Wildman–Crippen LogP) is 4.14. The van der Waals surface area contributed by atoms with Crippen molar-refractivity contribution in [3.05, 3.63) is 36.7 Å². The summed E-state index contributed by atoms with van der Waals surface area (Å²) >= 11 is 0. The van der Waals surface area contributed by atoms with Crippen molar-refractivity contribution in [3.63, 3.8) is 0 Å². The van der Waals surface area contributed by atoms with Crippen LogP contribution in [-0.2, 0) is 0 Å². The molecule has 6 heteroatoms. The van der Waals surface area contributed by atoms with Gasteiger partial charge in [-0.25, -0.2) is 9.97 Å². The summed E-state index contributed by atoms with van der Waals surface area (Å²) in [5, 5.41) is 6.55. The zero-order chi connectivity index (χ0) is 14.2. The molecule has 0 aromatic carbocycles. The van der Waals surface area contributed by atoms with Crippen LogP contribution in [0.3, 0.4) is 0 Å². The molecule has 2 rings (SSSR count). The second-order valence-corrected chi connectivity index (χ2v) is 6.14. The highest BCUT2D eigenvalue weighted by Crippen LogP contribution is 2.42. The largest absolute Gasteiger partial charge is 0.369 e. The molecule has 0 fully saturated rings. The first kappa shape index (κ1) is 15.0. The Kier molecular flexibility index (Phi) is 6.01. The minimum absolute atomic E-state index is 0.866. The van der Waals surface area contributed by atoms with Gasteiger partial charge < -0.3 is 10.6 Å². The van der Waals surface area contributed by atoms with Gasteiger partial charge in [-0.05, 0) is 59.7 Å². The monoisotopic (exact) mass is 306 g/mol. The lowest BCUT2D eigenvalue weighted by atomic mass is 10.4. The summed E-state index contributed by atoms with van der Waals surface area (Å²) in [5.74, 6) is 1.86. The van der Waals surface area contributed by atoms with Gasteiger partial charge in [0.05, 0.1) is 9.79 Å². The van der Waals surface area contributed by atoms with Crippen LogP contribution >= 0.6 is 21.6 Å². The zero-order valence-corrected chi connectivity index (χ0v) is 13.2. The van der Waals surface area contributed by atoms with Crippen molar-refractivity contribution in [2.45, 2.75) is 23.6 Å². The van der Waals surface area contributed by atoms with E-state index in [2.05, 4.69) is 46.6 Å². The maximum Gasteiger partial charge on any atom is 0.140 e. The van der Waals surface area contributed by atoms with Crippen molar-refractivity contribution >= 4 is 33.2 Å². The number of rotatable bonds is 7. The summed E-state index contributed by atoms with van der Waals surface area (Å²) in [6.45, 7) is 5.87. The van der Waals surface area contributed by atoms with Crippen molar-refractivity contribution in [3.8, 4) is 0 Å². The van der Waals surface area contributed by atoms with Crippen LogP contribution < -0.4 is 10.6 Å². The average Bonchev–Trinajstić information content (AvgIpc) is 2.48. The molecule has 2 N–H and O–H groups in total. The van der Waals surface area contributed by atoms with Gasteiger partial charge in [-0.15, -0.1) is 0 Å². The summed E-state index contributed by atoms with van der Waals surface area (Å²) in [7, 11) is 3.38. The Balaban J connectivity index is 2.09. The minimum atomic E-state index is 0.866. The van der Waals surface area contributed by atoms with Gasteiger partial charge in [-0.3, -0.25) is 0 Å². The molecule has 0 bridgehead atoms. The number of anilines is 2. The standard InChI is InChI=1S/C14H18N4S2/c1-3-15-13-11(7-5-9-17-13)19-20-12-8-6-10-18-14(12)16-4-2/h5-10H,3-4H2,1-2H3,(H,15,17)(H,16,18). The highest BCUT2D eigenvalue weighted by Gasteiger charge is 2.07. The van der Waals surface area contributed by atoms with Gasteiger partial charge in [-0.2, -0.15) is 0 Å². The van der Waals surface area contributed by atoms with Gasteiger partial charge in [0.15, 0.2) is 0 Å². The summed E-state index contributed by atoms with van der Waals surface area (Å²) in [6, 6.07) is 8.06. The molecule has 2 aromatic rings. The lowest BCUT2D eigenvalue weighted by Gasteiger charge is -2.10. The fourth-order valence-corrected chi connectivity index (χ4v) is 3.81. The summed E-state index contributed by atoms with van der Waals surface area (Å²) in [6.07, 6.45) is 3.61. The normalized spacial score (nSPS) is 10.3. The third-order valence-electron chi connectivity index (χ3n) is 2.45. The maximum atomic E-state index is 4.36. The van der Waals surface area contributed by atoms with Crippen LogP contribution in [0.15, 0.2) is 46.5 Å². The smallest absolute Gasteiger partial charge is 0.140 e. The van der Waals surface area contributed by atoms with Crippen molar-refractivity contribution in [1.82, 2.24) is 9.97 Å². The molecule has 20 heavy (non-hydrogen) atoms. The Hall–Kier alpha value is -1.40. The molecule has 0 saturated carbocycles. The van der Waals surface area contributed by atoms with Crippen molar-refractivity contribution in [1.29, 1.82) is 0 Å². The Morgan fingerprint density at radius 3 is 1.70 bits per heavy atom. The van der Waals surface area contributed by atoms with E-state index >= 15 is 0 Å². The van der Waals surface area contributed by atoms with Gasteiger partial charge in [0.25, 0.3) is 0 Å². The molecule has 2 aromatic heterocycles. The molecule has 2 heterocycles. The summed E-state index contributed by atoms with van der Waals surface area (Å²) in [4.78, 5) is 11.0. The molecule has 0 aliphatic heterocycles. The van der Waals surface area contributed by atoms with E-state index in [1.165, 1.54) is 0 Å². The topological polar surface area (TPSA) is 49.8 Å².